The Balaban J connectivity index is 1.92. The molecule has 0 aliphatic carbocycles. The third-order valence-corrected chi connectivity index (χ3v) is 4.57. The van der Waals surface area contributed by atoms with Gasteiger partial charge in [0.15, 0.2) is 11.5 Å². The number of hydrazone groups is 1. The normalized spacial score (nSPS) is 11.6. The summed E-state index contributed by atoms with van der Waals surface area (Å²) in [6.07, 6.45) is 0. The van der Waals surface area contributed by atoms with Gasteiger partial charge in [-0.2, -0.15) is 5.10 Å². The number of hydrogen-bond donors (Lipinski definition) is 2. The molecule has 0 radical (unpaired) electrons. The summed E-state index contributed by atoms with van der Waals surface area (Å²) in [7, 11) is 3.01. The summed E-state index contributed by atoms with van der Waals surface area (Å²) in [5.41, 5.74) is 5.71. The first-order chi connectivity index (χ1) is 14.2. The van der Waals surface area contributed by atoms with E-state index in [1.54, 1.807) is 18.2 Å². The van der Waals surface area contributed by atoms with Gasteiger partial charge in [0.25, 0.3) is 11.8 Å². The number of rotatable bonds is 7. The zero-order valence-electron chi connectivity index (χ0n) is 18.3. The molecule has 2 N–H and O–H groups in total. The zero-order valence-corrected chi connectivity index (χ0v) is 18.3. The molecule has 0 aromatic heterocycles. The van der Waals surface area contributed by atoms with Crippen molar-refractivity contribution < 1.29 is 19.1 Å². The predicted octanol–water partition coefficient (Wildman–Crippen LogP) is 3.27. The smallest absolute Gasteiger partial charge is 0.259 e. The summed E-state index contributed by atoms with van der Waals surface area (Å²) in [4.78, 5) is 24.3. The topological polar surface area (TPSA) is 89.0 Å². The van der Waals surface area contributed by atoms with Gasteiger partial charge < -0.3 is 14.8 Å². The second-order valence-electron chi connectivity index (χ2n) is 7.81. The van der Waals surface area contributed by atoms with Crippen LogP contribution in [0.5, 0.6) is 11.5 Å². The van der Waals surface area contributed by atoms with E-state index in [1.807, 2.05) is 19.1 Å². The molecule has 160 valence electrons. The SMILES string of the molecule is COc1ccc(C(=O)NCC(=O)NN=C(C)c2ccc(C(C)(C)C)cc2)cc1OC. The molecule has 0 fully saturated rings. The maximum Gasteiger partial charge on any atom is 0.259 e. The van der Waals surface area contributed by atoms with Crippen LogP contribution in [0.3, 0.4) is 0 Å². The largest absolute Gasteiger partial charge is 0.493 e. The summed E-state index contributed by atoms with van der Waals surface area (Å²) in [5.74, 6) is 0.138. The second kappa shape index (κ2) is 9.91. The van der Waals surface area contributed by atoms with Crippen LogP contribution in [0.4, 0.5) is 0 Å². The number of ether oxygens (including phenoxy) is 2. The average Bonchev–Trinajstić information content (AvgIpc) is 2.74. The van der Waals surface area contributed by atoms with Crippen molar-refractivity contribution in [3.05, 3.63) is 59.2 Å². The van der Waals surface area contributed by atoms with Gasteiger partial charge in [0, 0.05) is 5.56 Å². The van der Waals surface area contributed by atoms with Crippen LogP contribution in [0.25, 0.3) is 0 Å². The summed E-state index contributed by atoms with van der Waals surface area (Å²) in [6.45, 7) is 8.07. The molecule has 0 aliphatic rings. The predicted molar refractivity (Wildman–Crippen MR) is 117 cm³/mol. The Morgan fingerprint density at radius 2 is 1.53 bits per heavy atom. The third kappa shape index (κ3) is 6.07. The van der Waals surface area contributed by atoms with Crippen molar-refractivity contribution in [1.82, 2.24) is 10.7 Å². The van der Waals surface area contributed by atoms with E-state index < -0.39 is 11.8 Å². The van der Waals surface area contributed by atoms with Crippen molar-refractivity contribution in [3.8, 4) is 11.5 Å². The van der Waals surface area contributed by atoms with Gasteiger partial charge in [-0.1, -0.05) is 45.0 Å². The van der Waals surface area contributed by atoms with Crippen molar-refractivity contribution in [3.63, 3.8) is 0 Å². The first kappa shape index (κ1) is 22.9. The van der Waals surface area contributed by atoms with Crippen LogP contribution in [0.1, 0.15) is 49.2 Å². The number of carbonyl (C=O) groups excluding carboxylic acids is 2. The standard InChI is InChI=1S/C23H29N3O4/c1-15(16-7-10-18(11-8-16)23(2,3)4)25-26-21(27)14-24-22(28)17-9-12-19(29-5)20(13-17)30-6/h7-13H,14H2,1-6H3,(H,24,28)(H,26,27). The highest BCUT2D eigenvalue weighted by Gasteiger charge is 2.14. The minimum absolute atomic E-state index is 0.0733. The van der Waals surface area contributed by atoms with Crippen LogP contribution < -0.4 is 20.2 Å². The first-order valence-corrected chi connectivity index (χ1v) is 9.60. The van der Waals surface area contributed by atoms with Crippen molar-refractivity contribution in [2.24, 2.45) is 5.10 Å². The molecule has 7 nitrogen and oxygen atoms in total. The number of carbonyl (C=O) groups is 2. The Morgan fingerprint density at radius 1 is 0.933 bits per heavy atom. The summed E-state index contributed by atoms with van der Waals surface area (Å²) in [5, 5.41) is 6.67. The lowest BCUT2D eigenvalue weighted by atomic mass is 9.86. The lowest BCUT2D eigenvalue weighted by Crippen LogP contribution is -2.35. The number of methoxy groups -OCH3 is 2. The molecule has 0 aliphatic heterocycles. The lowest BCUT2D eigenvalue weighted by Gasteiger charge is -2.19. The van der Waals surface area contributed by atoms with E-state index in [0.717, 1.165) is 5.56 Å². The first-order valence-electron chi connectivity index (χ1n) is 9.60. The Kier molecular flexibility index (Phi) is 7.58. The van der Waals surface area contributed by atoms with E-state index in [0.29, 0.717) is 22.8 Å². The van der Waals surface area contributed by atoms with Crippen LogP contribution in [0.15, 0.2) is 47.6 Å². The number of amides is 2. The number of benzene rings is 2. The van der Waals surface area contributed by atoms with Gasteiger partial charge in [-0.15, -0.1) is 0 Å². The Morgan fingerprint density at radius 3 is 2.10 bits per heavy atom. The fourth-order valence-corrected chi connectivity index (χ4v) is 2.70. The van der Waals surface area contributed by atoms with Gasteiger partial charge in [0.05, 0.1) is 26.5 Å². The molecule has 2 amide bonds. The Hall–Kier alpha value is -3.35. The molecule has 30 heavy (non-hydrogen) atoms. The lowest BCUT2D eigenvalue weighted by molar-refractivity contribution is -0.120. The molecule has 2 rings (SSSR count). The zero-order chi connectivity index (χ0) is 22.3. The van der Waals surface area contributed by atoms with Gasteiger partial charge in [-0.3, -0.25) is 9.59 Å². The minimum atomic E-state index is -0.422. The van der Waals surface area contributed by atoms with Crippen LogP contribution in [-0.4, -0.2) is 38.3 Å². The maximum absolute atomic E-state index is 12.3. The van der Waals surface area contributed by atoms with Crippen LogP contribution >= 0.6 is 0 Å². The highest BCUT2D eigenvalue weighted by molar-refractivity contribution is 6.00. The molecule has 0 saturated carbocycles. The van der Waals surface area contributed by atoms with Crippen molar-refractivity contribution >= 4 is 17.5 Å². The van der Waals surface area contributed by atoms with Gasteiger partial charge >= 0.3 is 0 Å². The van der Waals surface area contributed by atoms with E-state index in [-0.39, 0.29) is 12.0 Å². The molecule has 0 heterocycles. The number of nitrogens with one attached hydrogen (secondary N) is 2. The molecule has 0 spiro atoms. The molecule has 0 saturated heterocycles. The summed E-state index contributed by atoms with van der Waals surface area (Å²) >= 11 is 0. The molecule has 0 atom stereocenters. The highest BCUT2D eigenvalue weighted by Crippen LogP contribution is 2.27. The molecule has 2 aromatic carbocycles. The molecule has 0 bridgehead atoms. The minimum Gasteiger partial charge on any atom is -0.493 e. The molecule has 7 heteroatoms. The maximum atomic E-state index is 12.3. The van der Waals surface area contributed by atoms with Gasteiger partial charge in [0.2, 0.25) is 0 Å². The van der Waals surface area contributed by atoms with Crippen LogP contribution in [0, 0.1) is 0 Å². The van der Waals surface area contributed by atoms with E-state index in [1.165, 1.54) is 19.8 Å². The monoisotopic (exact) mass is 411 g/mol. The number of nitrogens with zero attached hydrogens (tertiary/aromatic N) is 1. The van der Waals surface area contributed by atoms with E-state index in [9.17, 15) is 9.59 Å². The molecule has 2 aromatic rings. The van der Waals surface area contributed by atoms with Crippen molar-refractivity contribution in [1.29, 1.82) is 0 Å². The Bertz CT molecular complexity index is 928. The average molecular weight is 412 g/mol. The van der Waals surface area contributed by atoms with Crippen molar-refractivity contribution in [2.45, 2.75) is 33.1 Å². The van der Waals surface area contributed by atoms with Crippen molar-refractivity contribution in [2.75, 3.05) is 20.8 Å². The van der Waals surface area contributed by atoms with Gasteiger partial charge in [0.1, 0.15) is 0 Å². The molecular weight excluding hydrogens is 382 g/mol. The Labute approximate surface area is 177 Å². The third-order valence-electron chi connectivity index (χ3n) is 4.57. The fourth-order valence-electron chi connectivity index (χ4n) is 2.70. The van der Waals surface area contributed by atoms with Crippen LogP contribution in [-0.2, 0) is 10.2 Å². The van der Waals surface area contributed by atoms with Gasteiger partial charge in [-0.05, 0) is 41.7 Å². The molecule has 0 unspecified atom stereocenters. The number of hydrogen-bond acceptors (Lipinski definition) is 5. The highest BCUT2D eigenvalue weighted by atomic mass is 16.5. The van der Waals surface area contributed by atoms with Gasteiger partial charge in [-0.25, -0.2) is 5.43 Å². The van der Waals surface area contributed by atoms with E-state index >= 15 is 0 Å². The second-order valence-corrected chi connectivity index (χ2v) is 7.81. The fraction of sp³-hybridized carbons (Fsp3) is 0.348. The van der Waals surface area contributed by atoms with E-state index in [2.05, 4.69) is 48.7 Å². The van der Waals surface area contributed by atoms with E-state index in [4.69, 9.17) is 9.47 Å². The summed E-state index contributed by atoms with van der Waals surface area (Å²) < 4.78 is 10.3. The van der Waals surface area contributed by atoms with Crippen LogP contribution in [0.2, 0.25) is 0 Å². The quantitative estimate of drug-likeness (QED) is 0.541. The molecular formula is C23H29N3O4. The summed E-state index contributed by atoms with van der Waals surface area (Å²) in [6, 6.07) is 12.8.